The second-order valence-corrected chi connectivity index (χ2v) is 9.69. The summed E-state index contributed by atoms with van der Waals surface area (Å²) >= 11 is 13.6. The summed E-state index contributed by atoms with van der Waals surface area (Å²) in [4.78, 5) is 16.3. The molecule has 192 valence electrons. The lowest BCUT2D eigenvalue weighted by molar-refractivity contribution is 0.0321. The van der Waals surface area contributed by atoms with Gasteiger partial charge in [0.25, 0.3) is 0 Å². The molecule has 4 aromatic rings. The van der Waals surface area contributed by atoms with E-state index in [0.717, 1.165) is 11.3 Å². The highest BCUT2D eigenvalue weighted by Crippen LogP contribution is 2.41. The summed E-state index contributed by atoms with van der Waals surface area (Å²) in [5, 5.41) is 17.9. The third kappa shape index (κ3) is 4.87. The van der Waals surface area contributed by atoms with Gasteiger partial charge in [-0.25, -0.2) is 9.97 Å². The van der Waals surface area contributed by atoms with Gasteiger partial charge in [0.05, 0.1) is 28.5 Å². The number of fused-ring (bicyclic) bond motifs is 1. The van der Waals surface area contributed by atoms with Crippen LogP contribution in [0.25, 0.3) is 22.6 Å². The van der Waals surface area contributed by atoms with Crippen LogP contribution >= 0.6 is 23.2 Å². The number of nitrogens with one attached hydrogen (secondary N) is 1. The van der Waals surface area contributed by atoms with Gasteiger partial charge in [0.1, 0.15) is 28.3 Å². The first-order valence-corrected chi connectivity index (χ1v) is 12.5. The Labute approximate surface area is 224 Å². The molecule has 2 N–H and O–H groups in total. The molecule has 0 aliphatic carbocycles. The molecule has 0 fully saturated rings. The van der Waals surface area contributed by atoms with Crippen LogP contribution in [-0.2, 0) is 13.1 Å². The van der Waals surface area contributed by atoms with E-state index in [-0.39, 0.29) is 0 Å². The van der Waals surface area contributed by atoms with Crippen LogP contribution in [0.3, 0.4) is 0 Å². The van der Waals surface area contributed by atoms with Crippen LogP contribution in [0.2, 0.25) is 10.0 Å². The summed E-state index contributed by atoms with van der Waals surface area (Å²) in [5.74, 6) is 2.01. The molecule has 3 aromatic heterocycles. The molecule has 11 heteroatoms. The lowest BCUT2D eigenvalue weighted by atomic mass is 10.1. The zero-order chi connectivity index (χ0) is 26.3. The third-order valence-corrected chi connectivity index (χ3v) is 6.93. The lowest BCUT2D eigenvalue weighted by Gasteiger charge is -2.22. The fourth-order valence-corrected chi connectivity index (χ4v) is 4.90. The van der Waals surface area contributed by atoms with Crippen molar-refractivity contribution in [1.29, 1.82) is 0 Å². The maximum absolute atomic E-state index is 9.99. The zero-order valence-electron chi connectivity index (χ0n) is 20.8. The van der Waals surface area contributed by atoms with Crippen LogP contribution in [0.1, 0.15) is 29.6 Å². The molecule has 1 aliphatic heterocycles. The van der Waals surface area contributed by atoms with E-state index < -0.39 is 12.3 Å². The fraction of sp³-hybridized carbons (Fsp3) is 0.308. The van der Waals surface area contributed by atoms with E-state index in [4.69, 9.17) is 42.4 Å². The first-order valence-electron chi connectivity index (χ1n) is 11.8. The van der Waals surface area contributed by atoms with Crippen LogP contribution < -0.4 is 15.0 Å². The largest absolute Gasteiger partial charge is 0.473 e. The molecule has 5 rings (SSSR count). The summed E-state index contributed by atoms with van der Waals surface area (Å²) in [5.41, 5.74) is 4.52. The van der Waals surface area contributed by atoms with Crippen molar-refractivity contribution in [2.45, 2.75) is 46.2 Å². The Balaban J connectivity index is 1.65. The average molecular weight is 541 g/mol. The molecule has 0 saturated heterocycles. The van der Waals surface area contributed by atoms with Gasteiger partial charge in [-0.15, -0.1) is 0 Å². The molecule has 0 radical (unpaired) electrons. The van der Waals surface area contributed by atoms with E-state index in [2.05, 4.69) is 20.4 Å². The maximum Gasteiger partial charge on any atom is 0.175 e. The summed E-state index contributed by atoms with van der Waals surface area (Å²) in [6.07, 6.45) is 0.435. The van der Waals surface area contributed by atoms with Crippen LogP contribution in [0.15, 0.2) is 41.1 Å². The number of likely N-dealkylation sites (N-methyl/N-ethyl adjacent to an activating group) is 1. The molecule has 37 heavy (non-hydrogen) atoms. The minimum Gasteiger partial charge on any atom is -0.473 e. The quantitative estimate of drug-likeness (QED) is 0.315. The summed E-state index contributed by atoms with van der Waals surface area (Å²) in [6.45, 7) is 6.47. The molecule has 2 atom stereocenters. The van der Waals surface area contributed by atoms with Crippen molar-refractivity contribution >= 4 is 29.0 Å². The Kier molecular flexibility index (Phi) is 7.04. The number of hydrogen-bond acceptors (Lipinski definition) is 9. The standard InChI is InChI=1S/C26H26Cl2N6O3/c1-13-21(15(3)37-33-13)23-22(28)25(34-11-16-6-5-9-30-20(16)12-34)32-24(31-23)18-10-17(7-8-19(18)27)36-26(29-4)14(2)35/h5-10,14,26,29,35H,11-12H2,1-4H3/t14-,26?/m1/s1. The van der Waals surface area contributed by atoms with Gasteiger partial charge in [-0.05, 0) is 57.6 Å². The Hall–Kier alpha value is -3.24. The smallest absolute Gasteiger partial charge is 0.175 e. The number of ether oxygens (including phenoxy) is 1. The van der Waals surface area contributed by atoms with Gasteiger partial charge in [-0.1, -0.05) is 34.4 Å². The third-order valence-electron chi connectivity index (χ3n) is 6.25. The van der Waals surface area contributed by atoms with E-state index in [1.807, 2.05) is 26.0 Å². The number of aliphatic hydroxyl groups is 1. The van der Waals surface area contributed by atoms with Gasteiger partial charge >= 0.3 is 0 Å². The van der Waals surface area contributed by atoms with E-state index in [0.29, 0.717) is 68.8 Å². The molecule has 1 aromatic carbocycles. The number of benzene rings is 1. The minimum absolute atomic E-state index is 0.367. The highest BCUT2D eigenvalue weighted by molar-refractivity contribution is 6.36. The van der Waals surface area contributed by atoms with E-state index >= 15 is 0 Å². The van der Waals surface area contributed by atoms with Crippen LogP contribution in [0.4, 0.5) is 5.82 Å². The van der Waals surface area contributed by atoms with Crippen molar-refractivity contribution in [3.63, 3.8) is 0 Å². The monoisotopic (exact) mass is 540 g/mol. The highest BCUT2D eigenvalue weighted by Gasteiger charge is 2.28. The average Bonchev–Trinajstić information content (AvgIpc) is 3.46. The van der Waals surface area contributed by atoms with Gasteiger partial charge in [-0.2, -0.15) is 0 Å². The summed E-state index contributed by atoms with van der Waals surface area (Å²) in [6, 6.07) is 9.16. The second-order valence-electron chi connectivity index (χ2n) is 8.91. The Morgan fingerprint density at radius 1 is 1.16 bits per heavy atom. The summed E-state index contributed by atoms with van der Waals surface area (Å²) in [7, 11) is 1.71. The second kappa shape index (κ2) is 10.3. The number of anilines is 1. The lowest BCUT2D eigenvalue weighted by Crippen LogP contribution is -2.40. The predicted octanol–water partition coefficient (Wildman–Crippen LogP) is 4.94. The van der Waals surface area contributed by atoms with Gasteiger partial charge in [0, 0.05) is 18.3 Å². The van der Waals surface area contributed by atoms with Crippen molar-refractivity contribution < 1.29 is 14.4 Å². The fourth-order valence-electron chi connectivity index (χ4n) is 4.40. The number of aliphatic hydroxyl groups excluding tert-OH is 1. The van der Waals surface area contributed by atoms with Crippen molar-refractivity contribution in [2.24, 2.45) is 0 Å². The molecule has 1 unspecified atom stereocenters. The normalized spacial score (nSPS) is 14.5. The van der Waals surface area contributed by atoms with E-state index in [1.165, 1.54) is 0 Å². The summed E-state index contributed by atoms with van der Waals surface area (Å²) < 4.78 is 11.4. The van der Waals surface area contributed by atoms with E-state index in [1.54, 1.807) is 38.4 Å². The number of halogens is 2. The number of aromatic nitrogens is 4. The number of aryl methyl sites for hydroxylation is 2. The van der Waals surface area contributed by atoms with Crippen molar-refractivity contribution in [2.75, 3.05) is 11.9 Å². The first-order chi connectivity index (χ1) is 17.8. The van der Waals surface area contributed by atoms with Crippen molar-refractivity contribution in [3.8, 4) is 28.4 Å². The SMILES string of the molecule is CNC(Oc1ccc(Cl)c(-c2nc(-c3c(C)noc3C)c(Cl)c(N3Cc4cccnc4C3)n2)c1)[C@@H](C)O. The molecule has 0 spiro atoms. The zero-order valence-corrected chi connectivity index (χ0v) is 22.3. The van der Waals surface area contributed by atoms with Gasteiger partial charge in [0.15, 0.2) is 17.9 Å². The van der Waals surface area contributed by atoms with Crippen molar-refractivity contribution in [3.05, 3.63) is 69.3 Å². The van der Waals surface area contributed by atoms with Crippen molar-refractivity contribution in [1.82, 2.24) is 25.4 Å². The predicted molar refractivity (Wildman–Crippen MR) is 142 cm³/mol. The first kappa shape index (κ1) is 25.4. The van der Waals surface area contributed by atoms with Gasteiger partial charge in [0.2, 0.25) is 0 Å². The number of rotatable bonds is 7. The minimum atomic E-state index is -0.737. The molecule has 1 aliphatic rings. The van der Waals surface area contributed by atoms with Crippen LogP contribution in [0.5, 0.6) is 5.75 Å². The molecule has 4 heterocycles. The Morgan fingerprint density at radius 2 is 1.97 bits per heavy atom. The number of pyridine rings is 1. The topological polar surface area (TPSA) is 109 Å². The Bertz CT molecular complexity index is 1410. The Morgan fingerprint density at radius 3 is 2.65 bits per heavy atom. The van der Waals surface area contributed by atoms with Gasteiger partial charge < -0.3 is 19.3 Å². The molecule has 0 bridgehead atoms. The highest BCUT2D eigenvalue weighted by atomic mass is 35.5. The number of hydrogen-bond donors (Lipinski definition) is 2. The van der Waals surface area contributed by atoms with Crippen LogP contribution in [-0.4, -0.2) is 44.6 Å². The number of nitrogens with zero attached hydrogens (tertiary/aromatic N) is 5. The van der Waals surface area contributed by atoms with E-state index in [9.17, 15) is 5.11 Å². The molecular formula is C26H26Cl2N6O3. The maximum atomic E-state index is 9.99. The molecule has 9 nitrogen and oxygen atoms in total. The molecule has 0 amide bonds. The van der Waals surface area contributed by atoms with Gasteiger partial charge in [-0.3, -0.25) is 10.3 Å². The molecular weight excluding hydrogens is 515 g/mol. The van der Waals surface area contributed by atoms with Crippen LogP contribution in [0, 0.1) is 13.8 Å². The molecule has 0 saturated carbocycles.